The SMILES string of the molecule is Cc1cccc(C(=O)OCCN(C)C)c1Cl. The van der Waals surface area contributed by atoms with Crippen molar-refractivity contribution in [3.05, 3.63) is 34.3 Å². The molecule has 0 fully saturated rings. The van der Waals surface area contributed by atoms with Crippen molar-refractivity contribution in [3.63, 3.8) is 0 Å². The van der Waals surface area contributed by atoms with Gasteiger partial charge in [0.2, 0.25) is 0 Å². The molecule has 4 heteroatoms. The molecule has 3 nitrogen and oxygen atoms in total. The van der Waals surface area contributed by atoms with Gasteiger partial charge in [0.05, 0.1) is 10.6 Å². The summed E-state index contributed by atoms with van der Waals surface area (Å²) in [6.45, 7) is 2.93. The molecule has 0 amide bonds. The molecule has 1 aromatic carbocycles. The van der Waals surface area contributed by atoms with Gasteiger partial charge in [0.25, 0.3) is 0 Å². The van der Waals surface area contributed by atoms with E-state index in [0.29, 0.717) is 23.7 Å². The average molecular weight is 242 g/mol. The Hall–Kier alpha value is -1.06. The Morgan fingerprint density at radius 2 is 2.12 bits per heavy atom. The number of benzene rings is 1. The summed E-state index contributed by atoms with van der Waals surface area (Å²) >= 11 is 6.02. The first-order valence-corrected chi connectivity index (χ1v) is 5.47. The molecule has 0 saturated carbocycles. The molecule has 0 saturated heterocycles. The summed E-state index contributed by atoms with van der Waals surface area (Å²) in [4.78, 5) is 13.6. The molecule has 88 valence electrons. The van der Waals surface area contributed by atoms with Gasteiger partial charge in [0, 0.05) is 6.54 Å². The second kappa shape index (κ2) is 5.87. The molecule has 0 spiro atoms. The summed E-state index contributed by atoms with van der Waals surface area (Å²) in [5, 5.41) is 0.470. The summed E-state index contributed by atoms with van der Waals surface area (Å²) < 4.78 is 5.11. The first kappa shape index (κ1) is 13.0. The molecule has 0 heterocycles. The van der Waals surface area contributed by atoms with Crippen molar-refractivity contribution in [3.8, 4) is 0 Å². The van der Waals surface area contributed by atoms with Crippen LogP contribution in [0.25, 0.3) is 0 Å². The summed E-state index contributed by atoms with van der Waals surface area (Å²) in [5.41, 5.74) is 1.31. The van der Waals surface area contributed by atoms with Crippen LogP contribution in [0.3, 0.4) is 0 Å². The molecule has 16 heavy (non-hydrogen) atoms. The monoisotopic (exact) mass is 241 g/mol. The zero-order chi connectivity index (χ0) is 12.1. The highest BCUT2D eigenvalue weighted by molar-refractivity contribution is 6.34. The molecule has 0 aliphatic carbocycles. The van der Waals surface area contributed by atoms with Gasteiger partial charge >= 0.3 is 5.97 Å². The smallest absolute Gasteiger partial charge is 0.339 e. The molecule has 0 atom stereocenters. The Balaban J connectivity index is 2.63. The Morgan fingerprint density at radius 1 is 1.44 bits per heavy atom. The third-order valence-corrected chi connectivity index (χ3v) is 2.69. The predicted molar refractivity (Wildman–Crippen MR) is 65.0 cm³/mol. The van der Waals surface area contributed by atoms with Crippen molar-refractivity contribution in [1.82, 2.24) is 4.90 Å². The second-order valence-corrected chi connectivity index (χ2v) is 4.25. The molecule has 0 bridgehead atoms. The van der Waals surface area contributed by atoms with Gasteiger partial charge in [-0.25, -0.2) is 4.79 Å². The highest BCUT2D eigenvalue weighted by atomic mass is 35.5. The van der Waals surface area contributed by atoms with Crippen LogP contribution in [0.1, 0.15) is 15.9 Å². The maximum atomic E-state index is 11.7. The van der Waals surface area contributed by atoms with Crippen LogP contribution in [0.5, 0.6) is 0 Å². The minimum Gasteiger partial charge on any atom is -0.461 e. The standard InChI is InChI=1S/C12H16ClNO2/c1-9-5-4-6-10(11(9)13)12(15)16-8-7-14(2)3/h4-6H,7-8H2,1-3H3. The number of esters is 1. The summed E-state index contributed by atoms with van der Waals surface area (Å²) in [6, 6.07) is 5.33. The molecule has 1 rings (SSSR count). The van der Waals surface area contributed by atoms with Crippen molar-refractivity contribution in [2.24, 2.45) is 0 Å². The Bertz CT molecular complexity index is 377. The van der Waals surface area contributed by atoms with E-state index < -0.39 is 0 Å². The lowest BCUT2D eigenvalue weighted by Gasteiger charge is -2.11. The topological polar surface area (TPSA) is 29.5 Å². The Kier molecular flexibility index (Phi) is 4.77. The van der Waals surface area contributed by atoms with Crippen LogP contribution >= 0.6 is 11.6 Å². The molecular formula is C12H16ClNO2. The van der Waals surface area contributed by atoms with Gasteiger partial charge in [-0.1, -0.05) is 23.7 Å². The van der Waals surface area contributed by atoms with Crippen LogP contribution in [0.15, 0.2) is 18.2 Å². The molecule has 0 radical (unpaired) electrons. The fourth-order valence-electron chi connectivity index (χ4n) is 1.20. The Morgan fingerprint density at radius 3 is 2.75 bits per heavy atom. The van der Waals surface area contributed by atoms with Gasteiger partial charge in [-0.3, -0.25) is 0 Å². The van der Waals surface area contributed by atoms with Crippen molar-refractivity contribution in [2.75, 3.05) is 27.2 Å². The third kappa shape index (κ3) is 3.51. The van der Waals surface area contributed by atoms with E-state index in [9.17, 15) is 4.79 Å². The largest absolute Gasteiger partial charge is 0.461 e. The number of carbonyl (C=O) groups is 1. The highest BCUT2D eigenvalue weighted by Crippen LogP contribution is 2.20. The maximum absolute atomic E-state index is 11.7. The number of nitrogens with zero attached hydrogens (tertiary/aromatic N) is 1. The van der Waals surface area contributed by atoms with Crippen molar-refractivity contribution in [1.29, 1.82) is 0 Å². The van der Waals surface area contributed by atoms with Gasteiger partial charge in [-0.05, 0) is 32.6 Å². The zero-order valence-corrected chi connectivity index (χ0v) is 10.5. The van der Waals surface area contributed by atoms with E-state index in [-0.39, 0.29) is 5.97 Å². The fourth-order valence-corrected chi connectivity index (χ4v) is 1.41. The molecule has 0 aliphatic heterocycles. The number of hydrogen-bond donors (Lipinski definition) is 0. The third-order valence-electron chi connectivity index (χ3n) is 2.18. The van der Waals surface area contributed by atoms with Crippen LogP contribution in [0.4, 0.5) is 0 Å². The second-order valence-electron chi connectivity index (χ2n) is 3.88. The van der Waals surface area contributed by atoms with E-state index in [0.717, 1.165) is 5.56 Å². The highest BCUT2D eigenvalue weighted by Gasteiger charge is 2.12. The molecule has 0 aliphatic rings. The quantitative estimate of drug-likeness (QED) is 0.758. The van der Waals surface area contributed by atoms with Crippen molar-refractivity contribution >= 4 is 17.6 Å². The maximum Gasteiger partial charge on any atom is 0.339 e. The first-order valence-electron chi connectivity index (χ1n) is 5.09. The number of ether oxygens (including phenoxy) is 1. The summed E-state index contributed by atoms with van der Waals surface area (Å²) in [5.74, 6) is -0.365. The molecule has 0 aromatic heterocycles. The number of rotatable bonds is 4. The average Bonchev–Trinajstić information content (AvgIpc) is 2.21. The van der Waals surface area contributed by atoms with Gasteiger partial charge in [0.1, 0.15) is 6.61 Å². The number of likely N-dealkylation sites (N-methyl/N-ethyl adjacent to an activating group) is 1. The predicted octanol–water partition coefficient (Wildman–Crippen LogP) is 2.37. The number of hydrogen-bond acceptors (Lipinski definition) is 3. The zero-order valence-electron chi connectivity index (χ0n) is 9.79. The van der Waals surface area contributed by atoms with E-state index in [1.165, 1.54) is 0 Å². The Labute approximate surface area is 101 Å². The number of halogens is 1. The van der Waals surface area contributed by atoms with Crippen LogP contribution < -0.4 is 0 Å². The van der Waals surface area contributed by atoms with Gasteiger partial charge in [0.15, 0.2) is 0 Å². The fraction of sp³-hybridized carbons (Fsp3) is 0.417. The molecular weight excluding hydrogens is 226 g/mol. The van der Waals surface area contributed by atoms with E-state index in [1.807, 2.05) is 32.0 Å². The van der Waals surface area contributed by atoms with Gasteiger partial charge in [-0.2, -0.15) is 0 Å². The minimum atomic E-state index is -0.365. The van der Waals surface area contributed by atoms with Crippen molar-refractivity contribution in [2.45, 2.75) is 6.92 Å². The van der Waals surface area contributed by atoms with E-state index in [4.69, 9.17) is 16.3 Å². The summed E-state index contributed by atoms with van der Waals surface area (Å²) in [7, 11) is 3.85. The lowest BCUT2D eigenvalue weighted by molar-refractivity contribution is 0.0482. The van der Waals surface area contributed by atoms with Crippen molar-refractivity contribution < 1.29 is 9.53 Å². The minimum absolute atomic E-state index is 0.365. The van der Waals surface area contributed by atoms with E-state index >= 15 is 0 Å². The van der Waals surface area contributed by atoms with E-state index in [2.05, 4.69) is 0 Å². The molecule has 0 unspecified atom stereocenters. The van der Waals surface area contributed by atoms with Gasteiger partial charge < -0.3 is 9.64 Å². The van der Waals surface area contributed by atoms with Crippen LogP contribution in [-0.2, 0) is 4.74 Å². The summed E-state index contributed by atoms with van der Waals surface area (Å²) in [6.07, 6.45) is 0. The lowest BCUT2D eigenvalue weighted by Crippen LogP contribution is -2.20. The first-order chi connectivity index (χ1) is 7.52. The van der Waals surface area contributed by atoms with Crippen LogP contribution in [-0.4, -0.2) is 38.1 Å². The number of aryl methyl sites for hydroxylation is 1. The van der Waals surface area contributed by atoms with Crippen LogP contribution in [0, 0.1) is 6.92 Å². The lowest BCUT2D eigenvalue weighted by atomic mass is 10.1. The van der Waals surface area contributed by atoms with E-state index in [1.54, 1.807) is 12.1 Å². The normalized spacial score (nSPS) is 10.6. The van der Waals surface area contributed by atoms with Gasteiger partial charge in [-0.15, -0.1) is 0 Å². The molecule has 1 aromatic rings. The number of carbonyl (C=O) groups excluding carboxylic acids is 1. The van der Waals surface area contributed by atoms with Crippen LogP contribution in [0.2, 0.25) is 5.02 Å². The molecule has 0 N–H and O–H groups in total.